The smallest absolute Gasteiger partial charge is 0.329 e. The van der Waals surface area contributed by atoms with Gasteiger partial charge in [0, 0.05) is 6.54 Å². The zero-order valence-electron chi connectivity index (χ0n) is 12.1. The predicted octanol–water partition coefficient (Wildman–Crippen LogP) is 1.07. The van der Waals surface area contributed by atoms with Crippen LogP contribution >= 0.6 is 0 Å². The molecule has 2 aliphatic rings. The van der Waals surface area contributed by atoms with Gasteiger partial charge in [-0.1, -0.05) is 0 Å². The fourth-order valence-corrected chi connectivity index (χ4v) is 2.74. The van der Waals surface area contributed by atoms with E-state index in [0.717, 1.165) is 25.8 Å². The second-order valence-corrected chi connectivity index (χ2v) is 6.37. The van der Waals surface area contributed by atoms with Crippen LogP contribution in [-0.2, 0) is 14.3 Å². The Morgan fingerprint density at radius 2 is 1.95 bits per heavy atom. The average Bonchev–Trinajstić information content (AvgIpc) is 2.97. The lowest BCUT2D eigenvalue weighted by Crippen LogP contribution is -2.49. The normalized spacial score (nSPS) is 27.6. The number of nitrogens with one attached hydrogen (secondary N) is 1. The number of likely N-dealkylation sites (tertiary alicyclic amines) is 1. The van der Waals surface area contributed by atoms with Crippen molar-refractivity contribution in [1.29, 1.82) is 0 Å². The highest BCUT2D eigenvalue weighted by Gasteiger charge is 2.39. The van der Waals surface area contributed by atoms with Crippen molar-refractivity contribution in [2.45, 2.75) is 64.1 Å². The lowest BCUT2D eigenvalue weighted by atomic mass is 10.1. The van der Waals surface area contributed by atoms with Crippen LogP contribution in [0.15, 0.2) is 0 Å². The van der Waals surface area contributed by atoms with E-state index in [1.807, 2.05) is 20.8 Å². The van der Waals surface area contributed by atoms with Crippen molar-refractivity contribution in [3.8, 4) is 0 Å². The summed E-state index contributed by atoms with van der Waals surface area (Å²) in [5, 5.41) is 3.20. The minimum Gasteiger partial charge on any atom is -0.458 e. The fraction of sp³-hybridized carbons (Fsp3) is 0.857. The van der Waals surface area contributed by atoms with Crippen LogP contribution in [0, 0.1) is 0 Å². The standard InChI is InChI=1S/C14H24N2O3/c1-14(2,3)19-13(18)11-7-5-9-16(11)12(17)10-6-4-8-15-10/h10-11,15H,4-9H2,1-3H3/t10-,11-/m0/s1. The number of carbonyl (C=O) groups excluding carboxylic acids is 2. The summed E-state index contributed by atoms with van der Waals surface area (Å²) in [5.41, 5.74) is -0.500. The number of carbonyl (C=O) groups is 2. The third-order valence-corrected chi connectivity index (χ3v) is 3.57. The van der Waals surface area contributed by atoms with Crippen molar-refractivity contribution in [2.75, 3.05) is 13.1 Å². The molecule has 2 saturated heterocycles. The molecule has 1 amide bonds. The van der Waals surface area contributed by atoms with Crippen molar-refractivity contribution in [3.63, 3.8) is 0 Å². The molecule has 108 valence electrons. The number of amides is 1. The molecule has 0 aromatic heterocycles. The molecular weight excluding hydrogens is 244 g/mol. The number of hydrogen-bond donors (Lipinski definition) is 1. The summed E-state index contributed by atoms with van der Waals surface area (Å²) in [6.45, 7) is 7.11. The fourth-order valence-electron chi connectivity index (χ4n) is 2.74. The van der Waals surface area contributed by atoms with E-state index in [1.165, 1.54) is 0 Å². The number of nitrogens with zero attached hydrogens (tertiary/aromatic N) is 1. The first kappa shape index (κ1) is 14.3. The maximum absolute atomic E-state index is 12.4. The Morgan fingerprint density at radius 1 is 1.21 bits per heavy atom. The molecule has 5 heteroatoms. The van der Waals surface area contributed by atoms with Crippen LogP contribution in [0.3, 0.4) is 0 Å². The van der Waals surface area contributed by atoms with Gasteiger partial charge in [-0.05, 0) is 53.0 Å². The van der Waals surface area contributed by atoms with Gasteiger partial charge in [0.2, 0.25) is 5.91 Å². The molecule has 0 aromatic carbocycles. The molecule has 2 fully saturated rings. The second kappa shape index (κ2) is 5.49. The first-order valence-corrected chi connectivity index (χ1v) is 7.15. The molecule has 0 radical (unpaired) electrons. The van der Waals surface area contributed by atoms with Crippen LogP contribution in [0.5, 0.6) is 0 Å². The van der Waals surface area contributed by atoms with Crippen LogP contribution in [0.1, 0.15) is 46.5 Å². The Kier molecular flexibility index (Phi) is 4.13. The zero-order chi connectivity index (χ0) is 14.0. The molecule has 0 unspecified atom stereocenters. The van der Waals surface area contributed by atoms with Crippen molar-refractivity contribution < 1.29 is 14.3 Å². The van der Waals surface area contributed by atoms with Gasteiger partial charge in [0.05, 0.1) is 6.04 Å². The van der Waals surface area contributed by atoms with Gasteiger partial charge in [0.1, 0.15) is 11.6 Å². The Balaban J connectivity index is 2.00. The summed E-state index contributed by atoms with van der Waals surface area (Å²) in [5.74, 6) is -0.206. The Hall–Kier alpha value is -1.10. The summed E-state index contributed by atoms with van der Waals surface area (Å²) in [6, 6.07) is -0.503. The molecule has 0 bridgehead atoms. The van der Waals surface area contributed by atoms with E-state index in [4.69, 9.17) is 4.74 Å². The van der Waals surface area contributed by atoms with Crippen LogP contribution in [0.25, 0.3) is 0 Å². The summed E-state index contributed by atoms with van der Waals surface area (Å²) in [4.78, 5) is 26.2. The zero-order valence-corrected chi connectivity index (χ0v) is 12.1. The summed E-state index contributed by atoms with van der Waals surface area (Å²) >= 11 is 0. The maximum atomic E-state index is 12.4. The molecular formula is C14H24N2O3. The Bertz CT molecular complexity index is 356. The van der Waals surface area contributed by atoms with Crippen molar-refractivity contribution >= 4 is 11.9 Å². The van der Waals surface area contributed by atoms with Gasteiger partial charge in [-0.3, -0.25) is 4.79 Å². The van der Waals surface area contributed by atoms with Gasteiger partial charge in [-0.2, -0.15) is 0 Å². The van der Waals surface area contributed by atoms with Crippen LogP contribution in [-0.4, -0.2) is 47.6 Å². The van der Waals surface area contributed by atoms with Gasteiger partial charge in [0.25, 0.3) is 0 Å². The summed E-state index contributed by atoms with van der Waals surface area (Å²) in [7, 11) is 0. The van der Waals surface area contributed by atoms with E-state index in [0.29, 0.717) is 13.0 Å². The van der Waals surface area contributed by atoms with E-state index in [1.54, 1.807) is 4.90 Å². The van der Waals surface area contributed by atoms with Crippen molar-refractivity contribution in [1.82, 2.24) is 10.2 Å². The molecule has 0 aliphatic carbocycles. The summed E-state index contributed by atoms with van der Waals surface area (Å²) < 4.78 is 5.41. The molecule has 1 N–H and O–H groups in total. The van der Waals surface area contributed by atoms with Gasteiger partial charge in [-0.15, -0.1) is 0 Å². The van der Waals surface area contributed by atoms with E-state index < -0.39 is 11.6 Å². The molecule has 2 heterocycles. The van der Waals surface area contributed by atoms with E-state index in [9.17, 15) is 9.59 Å². The lowest BCUT2D eigenvalue weighted by molar-refractivity contribution is -0.163. The minimum absolute atomic E-state index is 0.0610. The summed E-state index contributed by atoms with van der Waals surface area (Å²) in [6.07, 6.45) is 3.49. The largest absolute Gasteiger partial charge is 0.458 e. The molecule has 19 heavy (non-hydrogen) atoms. The number of ether oxygens (including phenoxy) is 1. The third-order valence-electron chi connectivity index (χ3n) is 3.57. The van der Waals surface area contributed by atoms with Crippen LogP contribution in [0.4, 0.5) is 0 Å². The van der Waals surface area contributed by atoms with Gasteiger partial charge >= 0.3 is 5.97 Å². The van der Waals surface area contributed by atoms with E-state index in [2.05, 4.69) is 5.32 Å². The van der Waals surface area contributed by atoms with Crippen molar-refractivity contribution in [3.05, 3.63) is 0 Å². The topological polar surface area (TPSA) is 58.6 Å². The molecule has 0 aromatic rings. The number of esters is 1. The van der Waals surface area contributed by atoms with Gasteiger partial charge in [0.15, 0.2) is 0 Å². The molecule has 2 atom stereocenters. The van der Waals surface area contributed by atoms with Crippen LogP contribution < -0.4 is 5.32 Å². The highest BCUT2D eigenvalue weighted by Crippen LogP contribution is 2.23. The number of rotatable bonds is 2. The molecule has 0 spiro atoms. The third kappa shape index (κ3) is 3.47. The SMILES string of the molecule is CC(C)(C)OC(=O)[C@@H]1CCCN1C(=O)[C@@H]1CCCN1. The van der Waals surface area contributed by atoms with Crippen molar-refractivity contribution in [2.24, 2.45) is 0 Å². The van der Waals surface area contributed by atoms with E-state index in [-0.39, 0.29) is 17.9 Å². The molecule has 0 saturated carbocycles. The first-order chi connectivity index (χ1) is 8.88. The number of hydrogen-bond acceptors (Lipinski definition) is 4. The lowest BCUT2D eigenvalue weighted by Gasteiger charge is -2.29. The monoisotopic (exact) mass is 268 g/mol. The minimum atomic E-state index is -0.500. The van der Waals surface area contributed by atoms with Crippen LogP contribution in [0.2, 0.25) is 0 Å². The average molecular weight is 268 g/mol. The predicted molar refractivity (Wildman–Crippen MR) is 71.6 cm³/mol. The second-order valence-electron chi connectivity index (χ2n) is 6.37. The van der Waals surface area contributed by atoms with E-state index >= 15 is 0 Å². The molecule has 2 rings (SSSR count). The quantitative estimate of drug-likeness (QED) is 0.761. The Morgan fingerprint density at radius 3 is 2.53 bits per heavy atom. The highest BCUT2D eigenvalue weighted by molar-refractivity contribution is 5.88. The molecule has 5 nitrogen and oxygen atoms in total. The maximum Gasteiger partial charge on any atom is 0.329 e. The van der Waals surface area contributed by atoms with Gasteiger partial charge < -0.3 is 15.0 Å². The van der Waals surface area contributed by atoms with Gasteiger partial charge in [-0.25, -0.2) is 4.79 Å². The Labute approximate surface area is 114 Å². The highest BCUT2D eigenvalue weighted by atomic mass is 16.6. The molecule has 2 aliphatic heterocycles. The first-order valence-electron chi connectivity index (χ1n) is 7.15.